The van der Waals surface area contributed by atoms with Crippen molar-refractivity contribution >= 4 is 39.1 Å². The summed E-state index contributed by atoms with van der Waals surface area (Å²) in [6.07, 6.45) is 0.495. The van der Waals surface area contributed by atoms with Gasteiger partial charge in [-0.05, 0) is 31.5 Å². The minimum absolute atomic E-state index is 0.0413. The van der Waals surface area contributed by atoms with Gasteiger partial charge in [0.05, 0.1) is 29.8 Å². The van der Waals surface area contributed by atoms with Crippen LogP contribution in [-0.2, 0) is 14.6 Å². The third-order valence-corrected chi connectivity index (χ3v) is 7.76. The number of anilines is 1. The summed E-state index contributed by atoms with van der Waals surface area (Å²) in [6, 6.07) is 8.38. The molecular formula is C21H26ClN5O4S. The molecule has 2 aliphatic rings. The minimum atomic E-state index is -3.06. The minimum Gasteiger partial charge on any atom is -0.336 e. The Kier molecular flexibility index (Phi) is 6.55. The fraction of sp³-hybridized carbons (Fsp3) is 0.476. The Labute approximate surface area is 192 Å². The molecule has 1 atom stereocenters. The summed E-state index contributed by atoms with van der Waals surface area (Å²) in [5.74, 6) is 0.440. The summed E-state index contributed by atoms with van der Waals surface area (Å²) in [6.45, 7) is 4.21. The van der Waals surface area contributed by atoms with Gasteiger partial charge in [0.15, 0.2) is 9.84 Å². The number of amides is 2. The van der Waals surface area contributed by atoms with Gasteiger partial charge in [-0.3, -0.25) is 14.5 Å². The molecule has 0 spiro atoms. The van der Waals surface area contributed by atoms with E-state index >= 15 is 0 Å². The maximum atomic E-state index is 12.7. The number of rotatable bonds is 5. The van der Waals surface area contributed by atoms with E-state index in [1.807, 2.05) is 11.8 Å². The van der Waals surface area contributed by atoms with Crippen molar-refractivity contribution in [1.82, 2.24) is 19.6 Å². The maximum absolute atomic E-state index is 12.7. The number of carbonyl (C=O) groups is 2. The fourth-order valence-corrected chi connectivity index (χ4v) is 6.04. The molecule has 2 saturated heterocycles. The van der Waals surface area contributed by atoms with E-state index in [0.29, 0.717) is 49.0 Å². The van der Waals surface area contributed by atoms with Crippen LogP contribution in [0.15, 0.2) is 30.3 Å². The molecule has 2 fully saturated rings. The Morgan fingerprint density at radius 2 is 1.94 bits per heavy atom. The number of hydrogen-bond donors (Lipinski definition) is 1. The van der Waals surface area contributed by atoms with Crippen LogP contribution in [0.1, 0.15) is 28.5 Å². The van der Waals surface area contributed by atoms with E-state index in [4.69, 9.17) is 11.6 Å². The predicted octanol–water partition coefficient (Wildman–Crippen LogP) is 1.60. The van der Waals surface area contributed by atoms with E-state index in [0.717, 1.165) is 5.69 Å². The number of aryl methyl sites for hydroxylation is 1. The molecule has 1 aromatic carbocycles. The van der Waals surface area contributed by atoms with E-state index in [9.17, 15) is 18.0 Å². The molecule has 0 bridgehead atoms. The molecule has 1 N–H and O–H groups in total. The Hall–Kier alpha value is -2.43. The zero-order valence-electron chi connectivity index (χ0n) is 17.8. The van der Waals surface area contributed by atoms with Gasteiger partial charge >= 0.3 is 0 Å². The average Bonchev–Trinajstić information content (AvgIpc) is 3.29. The molecule has 2 aromatic rings. The largest absolute Gasteiger partial charge is 0.336 e. The van der Waals surface area contributed by atoms with Crippen molar-refractivity contribution in [3.05, 3.63) is 46.6 Å². The first-order valence-corrected chi connectivity index (χ1v) is 12.7. The monoisotopic (exact) mass is 479 g/mol. The zero-order valence-corrected chi connectivity index (χ0v) is 19.4. The van der Waals surface area contributed by atoms with Crippen LogP contribution in [-0.4, -0.2) is 84.0 Å². The van der Waals surface area contributed by atoms with E-state index in [1.54, 1.807) is 39.9 Å². The number of benzene rings is 1. The summed E-state index contributed by atoms with van der Waals surface area (Å²) < 4.78 is 25.3. The molecule has 32 heavy (non-hydrogen) atoms. The Morgan fingerprint density at radius 3 is 2.59 bits per heavy atom. The first-order valence-electron chi connectivity index (χ1n) is 10.5. The third kappa shape index (κ3) is 5.31. The summed E-state index contributed by atoms with van der Waals surface area (Å²) in [7, 11) is -3.06. The van der Waals surface area contributed by atoms with Crippen LogP contribution in [0.3, 0.4) is 0 Å². The van der Waals surface area contributed by atoms with Gasteiger partial charge in [0.1, 0.15) is 5.82 Å². The van der Waals surface area contributed by atoms with Gasteiger partial charge in [-0.1, -0.05) is 17.7 Å². The van der Waals surface area contributed by atoms with Crippen molar-refractivity contribution in [1.29, 1.82) is 0 Å². The number of halogens is 1. The fourth-order valence-electron chi connectivity index (χ4n) is 4.16. The van der Waals surface area contributed by atoms with Crippen LogP contribution in [0.2, 0.25) is 5.02 Å². The normalized spacial score (nSPS) is 20.9. The maximum Gasteiger partial charge on any atom is 0.253 e. The lowest BCUT2D eigenvalue weighted by Crippen LogP contribution is -2.50. The number of carbonyl (C=O) groups excluding carboxylic acids is 2. The van der Waals surface area contributed by atoms with E-state index in [1.165, 1.54) is 0 Å². The lowest BCUT2D eigenvalue weighted by Gasteiger charge is -2.34. The van der Waals surface area contributed by atoms with Crippen LogP contribution in [0.4, 0.5) is 5.82 Å². The average molecular weight is 480 g/mol. The molecule has 3 heterocycles. The van der Waals surface area contributed by atoms with Crippen molar-refractivity contribution in [2.45, 2.75) is 19.4 Å². The summed E-state index contributed by atoms with van der Waals surface area (Å²) in [5, 5.41) is 7.80. The van der Waals surface area contributed by atoms with Gasteiger partial charge in [0, 0.05) is 42.8 Å². The van der Waals surface area contributed by atoms with E-state index in [2.05, 4.69) is 10.4 Å². The van der Waals surface area contributed by atoms with Crippen LogP contribution in [0.25, 0.3) is 0 Å². The topological polar surface area (TPSA) is 105 Å². The van der Waals surface area contributed by atoms with Crippen molar-refractivity contribution in [2.24, 2.45) is 0 Å². The summed E-state index contributed by atoms with van der Waals surface area (Å²) >= 11 is 5.98. The molecule has 0 aliphatic carbocycles. The molecular weight excluding hydrogens is 454 g/mol. The van der Waals surface area contributed by atoms with Gasteiger partial charge in [-0.25, -0.2) is 13.1 Å². The van der Waals surface area contributed by atoms with Crippen LogP contribution < -0.4 is 5.32 Å². The Bertz CT molecular complexity index is 1120. The van der Waals surface area contributed by atoms with E-state index < -0.39 is 9.84 Å². The van der Waals surface area contributed by atoms with E-state index in [-0.39, 0.29) is 35.9 Å². The molecule has 4 rings (SSSR count). The second-order valence-corrected chi connectivity index (χ2v) is 11.0. The van der Waals surface area contributed by atoms with Gasteiger partial charge in [0.2, 0.25) is 5.91 Å². The number of nitrogens with one attached hydrogen (secondary N) is 1. The Morgan fingerprint density at radius 1 is 1.19 bits per heavy atom. The first kappa shape index (κ1) is 22.8. The van der Waals surface area contributed by atoms with Gasteiger partial charge in [-0.2, -0.15) is 5.10 Å². The molecule has 172 valence electrons. The highest BCUT2D eigenvalue weighted by Gasteiger charge is 2.31. The molecule has 0 radical (unpaired) electrons. The van der Waals surface area contributed by atoms with Crippen molar-refractivity contribution in [3.63, 3.8) is 0 Å². The molecule has 2 amide bonds. The lowest BCUT2D eigenvalue weighted by atomic mass is 10.2. The highest BCUT2D eigenvalue weighted by atomic mass is 35.5. The number of aromatic nitrogens is 2. The highest BCUT2D eigenvalue weighted by Crippen LogP contribution is 2.27. The summed E-state index contributed by atoms with van der Waals surface area (Å²) in [4.78, 5) is 29.1. The SMILES string of the molecule is Cc1cc(NC(=O)CN2CCN(C(=O)c3cccc(Cl)c3)CC2)n(C2CCS(=O)(=O)C2)n1. The van der Waals surface area contributed by atoms with Crippen LogP contribution >= 0.6 is 11.6 Å². The molecule has 2 aliphatic heterocycles. The second-order valence-electron chi connectivity index (χ2n) is 8.30. The van der Waals surface area contributed by atoms with Crippen molar-refractivity contribution < 1.29 is 18.0 Å². The van der Waals surface area contributed by atoms with Crippen LogP contribution in [0, 0.1) is 6.92 Å². The van der Waals surface area contributed by atoms with Gasteiger partial charge in [-0.15, -0.1) is 0 Å². The Balaban J connectivity index is 1.31. The number of piperazine rings is 1. The quantitative estimate of drug-likeness (QED) is 0.698. The predicted molar refractivity (Wildman–Crippen MR) is 122 cm³/mol. The standard InChI is InChI=1S/C21H26ClN5O4S/c1-15-11-19(27(24-15)18-5-10-32(30,31)14-18)23-20(28)13-25-6-8-26(9-7-25)21(29)16-3-2-4-17(22)12-16/h2-4,11-12,18H,5-10,13-14H2,1H3,(H,23,28). The molecule has 0 saturated carbocycles. The lowest BCUT2D eigenvalue weighted by molar-refractivity contribution is -0.117. The summed E-state index contributed by atoms with van der Waals surface area (Å²) in [5.41, 5.74) is 1.28. The molecule has 9 nitrogen and oxygen atoms in total. The molecule has 11 heteroatoms. The zero-order chi connectivity index (χ0) is 22.9. The highest BCUT2D eigenvalue weighted by molar-refractivity contribution is 7.91. The number of sulfone groups is 1. The third-order valence-electron chi connectivity index (χ3n) is 5.78. The number of nitrogens with zero attached hydrogens (tertiary/aromatic N) is 4. The smallest absolute Gasteiger partial charge is 0.253 e. The van der Waals surface area contributed by atoms with Crippen molar-refractivity contribution in [3.8, 4) is 0 Å². The number of hydrogen-bond acceptors (Lipinski definition) is 6. The van der Waals surface area contributed by atoms with Crippen LogP contribution in [0.5, 0.6) is 0 Å². The molecule has 1 unspecified atom stereocenters. The van der Waals surface area contributed by atoms with Gasteiger partial charge < -0.3 is 10.2 Å². The second kappa shape index (κ2) is 9.21. The molecule has 1 aromatic heterocycles. The van der Waals surface area contributed by atoms with Crippen molar-refractivity contribution in [2.75, 3.05) is 49.5 Å². The van der Waals surface area contributed by atoms with Gasteiger partial charge in [0.25, 0.3) is 5.91 Å². The first-order chi connectivity index (χ1) is 15.2.